The smallest absolute Gasteiger partial charge is 0.0929 e. The second kappa shape index (κ2) is 112. The standard InChI is InChI=1S/C5H8O.C3H8.4C2H6/c1-4-6-5(2)3;1-3-2;4*1-2/h4H,1-2H2,3H3;3H2,1-2H3;4*1-2H3. The fourth-order valence-electron chi connectivity index (χ4n) is 0.142. The van der Waals surface area contributed by atoms with Crippen molar-refractivity contribution in [2.75, 3.05) is 0 Å². The Morgan fingerprint density at radius 2 is 1.06 bits per heavy atom. The predicted molar refractivity (Wildman–Crippen MR) is 87.5 cm³/mol. The van der Waals surface area contributed by atoms with E-state index < -0.39 is 0 Å². The van der Waals surface area contributed by atoms with Crippen LogP contribution in [0.2, 0.25) is 0 Å². The lowest BCUT2D eigenvalue weighted by Gasteiger charge is -1.90. The number of allylic oxidation sites excluding steroid dienone is 1. The molecule has 0 unspecified atom stereocenters. The predicted octanol–water partition coefficient (Wildman–Crippen LogP) is 7.20. The Morgan fingerprint density at radius 1 is 0.882 bits per heavy atom. The Bertz CT molecular complexity index is 75.6. The molecule has 1 heteroatoms. The molecule has 0 amide bonds. The summed E-state index contributed by atoms with van der Waals surface area (Å²) in [5, 5.41) is 0. The Morgan fingerprint density at radius 3 is 1.06 bits per heavy atom. The topological polar surface area (TPSA) is 9.23 Å². The van der Waals surface area contributed by atoms with Crippen LogP contribution in [0.1, 0.15) is 82.6 Å². The lowest BCUT2D eigenvalue weighted by atomic mass is 10.6. The van der Waals surface area contributed by atoms with E-state index in [2.05, 4.69) is 31.7 Å². The molecule has 0 saturated carbocycles. The molecule has 0 aromatic carbocycles. The van der Waals surface area contributed by atoms with E-state index >= 15 is 0 Å². The number of hydrogen-bond donors (Lipinski definition) is 0. The molecule has 0 rings (SSSR count). The van der Waals surface area contributed by atoms with E-state index in [0.717, 1.165) is 0 Å². The second-order valence-corrected chi connectivity index (χ2v) is 1.69. The summed E-state index contributed by atoms with van der Waals surface area (Å²) < 4.78 is 4.61. The molecule has 0 spiro atoms. The molecule has 0 saturated heterocycles. The van der Waals surface area contributed by atoms with Crippen LogP contribution in [0.25, 0.3) is 0 Å². The van der Waals surface area contributed by atoms with Gasteiger partial charge in [-0.2, -0.15) is 0 Å². The molecular weight excluding hydrogens is 208 g/mol. The summed E-state index contributed by atoms with van der Waals surface area (Å²) in [5.74, 6) is 0.671. The van der Waals surface area contributed by atoms with Crippen LogP contribution in [0.15, 0.2) is 25.2 Å². The second-order valence-electron chi connectivity index (χ2n) is 1.69. The van der Waals surface area contributed by atoms with Crippen molar-refractivity contribution in [3.8, 4) is 0 Å². The SMILES string of the molecule is C=COC(=C)C.CC.CC.CC.CC.CCC. The molecule has 0 aromatic rings. The van der Waals surface area contributed by atoms with E-state index in [4.69, 9.17) is 0 Å². The van der Waals surface area contributed by atoms with Gasteiger partial charge in [-0.25, -0.2) is 0 Å². The van der Waals surface area contributed by atoms with Crippen LogP contribution in [0, 0.1) is 0 Å². The van der Waals surface area contributed by atoms with Crippen molar-refractivity contribution in [1.29, 1.82) is 0 Å². The van der Waals surface area contributed by atoms with Gasteiger partial charge < -0.3 is 4.74 Å². The minimum atomic E-state index is 0.671. The summed E-state index contributed by atoms with van der Waals surface area (Å²) in [6.45, 7) is 28.8. The fourth-order valence-corrected chi connectivity index (χ4v) is 0.142. The van der Waals surface area contributed by atoms with Gasteiger partial charge >= 0.3 is 0 Å². The number of hydrogen-bond acceptors (Lipinski definition) is 1. The minimum Gasteiger partial charge on any atom is -0.471 e. The van der Waals surface area contributed by atoms with Crippen molar-refractivity contribution < 1.29 is 4.74 Å². The average Bonchev–Trinajstić information content (AvgIpc) is 2.40. The molecule has 0 radical (unpaired) electrons. The molecule has 0 heterocycles. The molecule has 17 heavy (non-hydrogen) atoms. The summed E-state index contributed by atoms with van der Waals surface area (Å²) in [6.07, 6.45) is 2.60. The van der Waals surface area contributed by atoms with Gasteiger partial charge in [-0.1, -0.05) is 88.8 Å². The molecule has 1 nitrogen and oxygen atoms in total. The maximum absolute atomic E-state index is 4.61. The van der Waals surface area contributed by atoms with Gasteiger partial charge in [-0.15, -0.1) is 0 Å². The molecular formula is C16H40O. The lowest BCUT2D eigenvalue weighted by Crippen LogP contribution is -1.68. The summed E-state index contributed by atoms with van der Waals surface area (Å²) in [5.41, 5.74) is 0. The third-order valence-electron chi connectivity index (χ3n) is 0.285. The van der Waals surface area contributed by atoms with Gasteiger partial charge in [-0.3, -0.25) is 0 Å². The largest absolute Gasteiger partial charge is 0.471 e. The third-order valence-corrected chi connectivity index (χ3v) is 0.285. The van der Waals surface area contributed by atoms with Crippen molar-refractivity contribution in [2.24, 2.45) is 0 Å². The Labute approximate surface area is 113 Å². The monoisotopic (exact) mass is 248 g/mol. The van der Waals surface area contributed by atoms with Crippen molar-refractivity contribution in [3.63, 3.8) is 0 Å². The molecule has 0 aliphatic heterocycles. The zero-order chi connectivity index (χ0) is 15.7. The highest BCUT2D eigenvalue weighted by Crippen LogP contribution is 1.86. The molecule has 0 fully saturated rings. The van der Waals surface area contributed by atoms with E-state index in [9.17, 15) is 0 Å². The van der Waals surface area contributed by atoms with Crippen molar-refractivity contribution in [2.45, 2.75) is 82.6 Å². The van der Waals surface area contributed by atoms with Gasteiger partial charge in [0.1, 0.15) is 0 Å². The quantitative estimate of drug-likeness (QED) is 0.469. The zero-order valence-corrected chi connectivity index (χ0v) is 14.6. The van der Waals surface area contributed by atoms with E-state index in [1.54, 1.807) is 6.92 Å². The molecule has 0 atom stereocenters. The van der Waals surface area contributed by atoms with Crippen LogP contribution in [-0.2, 0) is 4.74 Å². The van der Waals surface area contributed by atoms with Crippen molar-refractivity contribution in [3.05, 3.63) is 25.2 Å². The summed E-state index contributed by atoms with van der Waals surface area (Å²) in [7, 11) is 0. The number of ether oxygens (including phenoxy) is 1. The molecule has 0 bridgehead atoms. The third kappa shape index (κ3) is 518. The van der Waals surface area contributed by atoms with Crippen LogP contribution in [0.5, 0.6) is 0 Å². The molecule has 110 valence electrons. The first-order valence-electron chi connectivity index (χ1n) is 7.12. The molecule has 0 aliphatic carbocycles. The van der Waals surface area contributed by atoms with Gasteiger partial charge in [0, 0.05) is 0 Å². The van der Waals surface area contributed by atoms with Gasteiger partial charge in [0.15, 0.2) is 0 Å². The summed E-state index contributed by atoms with van der Waals surface area (Å²) >= 11 is 0. The molecule has 0 aliphatic rings. The lowest BCUT2D eigenvalue weighted by molar-refractivity contribution is 0.357. The van der Waals surface area contributed by atoms with Crippen LogP contribution < -0.4 is 0 Å². The summed E-state index contributed by atoms with van der Waals surface area (Å²) in [6, 6.07) is 0. The van der Waals surface area contributed by atoms with E-state index in [0.29, 0.717) is 5.76 Å². The normalized spacial score (nSPS) is 4.88. The average molecular weight is 248 g/mol. The first kappa shape index (κ1) is 36.0. The Balaban J connectivity index is -0.0000000238. The van der Waals surface area contributed by atoms with E-state index in [1.165, 1.54) is 12.7 Å². The maximum atomic E-state index is 4.61. The van der Waals surface area contributed by atoms with Crippen LogP contribution >= 0.6 is 0 Å². The van der Waals surface area contributed by atoms with Gasteiger partial charge in [0.2, 0.25) is 0 Å². The van der Waals surface area contributed by atoms with Crippen LogP contribution in [0.4, 0.5) is 0 Å². The van der Waals surface area contributed by atoms with Gasteiger partial charge in [-0.05, 0) is 6.92 Å². The Hall–Kier alpha value is -0.720. The molecule has 0 aromatic heterocycles. The van der Waals surface area contributed by atoms with E-state index in [-0.39, 0.29) is 0 Å². The van der Waals surface area contributed by atoms with Crippen molar-refractivity contribution in [1.82, 2.24) is 0 Å². The zero-order valence-electron chi connectivity index (χ0n) is 14.6. The highest BCUT2D eigenvalue weighted by atomic mass is 16.5. The highest BCUT2D eigenvalue weighted by Gasteiger charge is 1.69. The highest BCUT2D eigenvalue weighted by molar-refractivity contribution is 4.76. The molecule has 0 N–H and O–H groups in total. The van der Waals surface area contributed by atoms with Crippen LogP contribution in [-0.4, -0.2) is 0 Å². The van der Waals surface area contributed by atoms with E-state index in [1.807, 2.05) is 55.4 Å². The first-order valence-corrected chi connectivity index (χ1v) is 7.12. The number of rotatable bonds is 2. The fraction of sp³-hybridized carbons (Fsp3) is 0.750. The minimum absolute atomic E-state index is 0.671. The maximum Gasteiger partial charge on any atom is 0.0929 e. The van der Waals surface area contributed by atoms with Gasteiger partial charge in [0.25, 0.3) is 0 Å². The van der Waals surface area contributed by atoms with Crippen molar-refractivity contribution >= 4 is 0 Å². The van der Waals surface area contributed by atoms with Crippen LogP contribution in [0.3, 0.4) is 0 Å². The first-order chi connectivity index (χ1) is 8.18. The summed E-state index contributed by atoms with van der Waals surface area (Å²) in [4.78, 5) is 0. The Kier molecular flexibility index (Phi) is 236. The van der Waals surface area contributed by atoms with Gasteiger partial charge in [0.05, 0.1) is 12.0 Å².